The van der Waals surface area contributed by atoms with E-state index < -0.39 is 0 Å². The van der Waals surface area contributed by atoms with Gasteiger partial charge in [0.05, 0.1) is 17.6 Å². The monoisotopic (exact) mass is 272 g/mol. The Morgan fingerprint density at radius 2 is 2.24 bits per heavy atom. The maximum Gasteiger partial charge on any atom is 0.110 e. The fourth-order valence-corrected chi connectivity index (χ4v) is 3.62. The first-order valence-electron chi connectivity index (χ1n) is 6.49. The minimum Gasteiger partial charge on any atom is -0.294 e. The predicted octanol–water partition coefficient (Wildman–Crippen LogP) is 4.06. The number of likely N-dealkylation sites (tertiary alicyclic amines) is 1. The van der Waals surface area contributed by atoms with Gasteiger partial charge < -0.3 is 0 Å². The van der Waals surface area contributed by atoms with Crippen molar-refractivity contribution in [2.24, 2.45) is 5.92 Å². The third-order valence-electron chi connectivity index (χ3n) is 3.84. The number of thiazole rings is 1. The topological polar surface area (TPSA) is 16.1 Å². The molecule has 2 nitrogen and oxygen atoms in total. The Kier molecular flexibility index (Phi) is 4.83. The van der Waals surface area contributed by atoms with Gasteiger partial charge in [-0.25, -0.2) is 4.98 Å². The van der Waals surface area contributed by atoms with Crippen LogP contribution in [0, 0.1) is 5.92 Å². The Bertz CT molecular complexity index is 345. The van der Waals surface area contributed by atoms with Gasteiger partial charge in [-0.2, -0.15) is 0 Å². The van der Waals surface area contributed by atoms with Gasteiger partial charge in [0.25, 0.3) is 0 Å². The second kappa shape index (κ2) is 6.17. The first-order valence-corrected chi connectivity index (χ1v) is 7.90. The Labute approximate surface area is 113 Å². The molecule has 17 heavy (non-hydrogen) atoms. The maximum absolute atomic E-state index is 5.80. The van der Waals surface area contributed by atoms with Crippen molar-refractivity contribution in [2.75, 3.05) is 13.1 Å². The third kappa shape index (κ3) is 3.21. The van der Waals surface area contributed by atoms with E-state index >= 15 is 0 Å². The number of rotatable bonds is 4. The van der Waals surface area contributed by atoms with E-state index in [0.717, 1.165) is 11.6 Å². The van der Waals surface area contributed by atoms with E-state index in [4.69, 9.17) is 11.6 Å². The van der Waals surface area contributed by atoms with Gasteiger partial charge in [0.1, 0.15) is 5.01 Å². The summed E-state index contributed by atoms with van der Waals surface area (Å²) < 4.78 is 0. The van der Waals surface area contributed by atoms with Crippen LogP contribution in [0.2, 0.25) is 0 Å². The van der Waals surface area contributed by atoms with Crippen LogP contribution in [0.5, 0.6) is 0 Å². The number of halogens is 1. The minimum atomic E-state index is 0.453. The molecule has 0 bridgehead atoms. The van der Waals surface area contributed by atoms with Crippen LogP contribution in [-0.4, -0.2) is 23.0 Å². The molecule has 0 N–H and O–H groups in total. The zero-order valence-corrected chi connectivity index (χ0v) is 12.2. The van der Waals surface area contributed by atoms with Crippen LogP contribution in [0.25, 0.3) is 0 Å². The molecule has 1 aromatic rings. The molecule has 1 saturated heterocycles. The highest BCUT2D eigenvalue weighted by molar-refractivity contribution is 7.09. The summed E-state index contributed by atoms with van der Waals surface area (Å²) in [5.41, 5.74) is 1.02. The molecular formula is C13H21ClN2S. The van der Waals surface area contributed by atoms with Gasteiger partial charge in [-0.3, -0.25) is 4.90 Å². The average Bonchev–Trinajstić information content (AvgIpc) is 2.87. The molecular weight excluding hydrogens is 252 g/mol. The molecule has 4 heteroatoms. The molecule has 0 radical (unpaired) electrons. The van der Waals surface area contributed by atoms with E-state index in [1.807, 2.05) is 0 Å². The van der Waals surface area contributed by atoms with Gasteiger partial charge in [0.15, 0.2) is 0 Å². The summed E-state index contributed by atoms with van der Waals surface area (Å²) >= 11 is 7.54. The van der Waals surface area contributed by atoms with Crippen LogP contribution < -0.4 is 0 Å². The maximum atomic E-state index is 5.80. The van der Waals surface area contributed by atoms with Gasteiger partial charge >= 0.3 is 0 Å². The highest BCUT2D eigenvalue weighted by Gasteiger charge is 2.24. The Morgan fingerprint density at radius 3 is 2.76 bits per heavy atom. The van der Waals surface area contributed by atoms with Crippen molar-refractivity contribution in [3.8, 4) is 0 Å². The van der Waals surface area contributed by atoms with Crippen LogP contribution in [0.1, 0.15) is 49.9 Å². The average molecular weight is 273 g/mol. The lowest BCUT2D eigenvalue weighted by atomic mass is 9.94. The summed E-state index contributed by atoms with van der Waals surface area (Å²) in [6.07, 6.45) is 4.01. The number of hydrogen-bond acceptors (Lipinski definition) is 3. The molecule has 1 aliphatic heterocycles. The summed E-state index contributed by atoms with van der Waals surface area (Å²) in [6.45, 7) is 7.01. The second-order valence-corrected chi connectivity index (χ2v) is 6.03. The Hall–Kier alpha value is -0.120. The summed E-state index contributed by atoms with van der Waals surface area (Å²) in [5.74, 6) is 1.47. The Morgan fingerprint density at radius 1 is 1.53 bits per heavy atom. The Balaban J connectivity index is 1.94. The summed E-state index contributed by atoms with van der Waals surface area (Å²) in [7, 11) is 0. The SMILES string of the molecule is CCC1CCN(C(C)c2nc(CCl)cs2)CC1. The summed E-state index contributed by atoms with van der Waals surface area (Å²) in [6, 6.07) is 0.453. The van der Waals surface area contributed by atoms with Gasteiger partial charge in [0, 0.05) is 5.38 Å². The lowest BCUT2D eigenvalue weighted by Crippen LogP contribution is -2.35. The molecule has 0 aromatic carbocycles. The van der Waals surface area contributed by atoms with Crippen LogP contribution >= 0.6 is 22.9 Å². The fourth-order valence-electron chi connectivity index (χ4n) is 2.48. The van der Waals surface area contributed by atoms with E-state index in [9.17, 15) is 0 Å². The largest absolute Gasteiger partial charge is 0.294 e. The molecule has 1 unspecified atom stereocenters. The van der Waals surface area contributed by atoms with E-state index in [0.29, 0.717) is 11.9 Å². The number of nitrogens with zero attached hydrogens (tertiary/aromatic N) is 2. The highest BCUT2D eigenvalue weighted by atomic mass is 35.5. The van der Waals surface area contributed by atoms with Gasteiger partial charge in [-0.1, -0.05) is 13.3 Å². The first kappa shape index (κ1) is 13.3. The normalized spacial score (nSPS) is 20.6. The molecule has 1 aliphatic rings. The van der Waals surface area contributed by atoms with Crippen molar-refractivity contribution >= 4 is 22.9 Å². The van der Waals surface area contributed by atoms with Crippen molar-refractivity contribution < 1.29 is 0 Å². The number of hydrogen-bond donors (Lipinski definition) is 0. The lowest BCUT2D eigenvalue weighted by Gasteiger charge is -2.34. The second-order valence-electron chi connectivity index (χ2n) is 4.87. The first-order chi connectivity index (χ1) is 8.24. The standard InChI is InChI=1S/C13H21ClN2S/c1-3-11-4-6-16(7-5-11)10(2)13-15-12(8-14)9-17-13/h9-11H,3-8H2,1-2H3. The molecule has 0 spiro atoms. The summed E-state index contributed by atoms with van der Waals surface area (Å²) in [4.78, 5) is 7.15. The van der Waals surface area contributed by atoms with Gasteiger partial charge in [-0.05, 0) is 38.8 Å². The molecule has 0 amide bonds. The molecule has 0 aliphatic carbocycles. The van der Waals surface area contributed by atoms with Crippen LogP contribution in [0.15, 0.2) is 5.38 Å². The van der Waals surface area contributed by atoms with Gasteiger partial charge in [-0.15, -0.1) is 22.9 Å². The number of piperidine rings is 1. The molecule has 1 atom stereocenters. The van der Waals surface area contributed by atoms with Gasteiger partial charge in [0.2, 0.25) is 0 Å². The lowest BCUT2D eigenvalue weighted by molar-refractivity contribution is 0.139. The van der Waals surface area contributed by atoms with Crippen molar-refractivity contribution in [2.45, 2.75) is 45.0 Å². The molecule has 0 saturated carbocycles. The smallest absolute Gasteiger partial charge is 0.110 e. The summed E-state index contributed by atoms with van der Waals surface area (Å²) in [5, 5.41) is 3.30. The van der Waals surface area contributed by atoms with E-state index in [1.54, 1.807) is 11.3 Å². The van der Waals surface area contributed by atoms with Crippen molar-refractivity contribution in [1.29, 1.82) is 0 Å². The molecule has 96 valence electrons. The van der Waals surface area contributed by atoms with Crippen molar-refractivity contribution in [1.82, 2.24) is 9.88 Å². The molecule has 2 heterocycles. The zero-order chi connectivity index (χ0) is 12.3. The fraction of sp³-hybridized carbons (Fsp3) is 0.769. The molecule has 1 aromatic heterocycles. The van der Waals surface area contributed by atoms with E-state index in [1.165, 1.54) is 37.4 Å². The molecule has 2 rings (SSSR count). The van der Waals surface area contributed by atoms with Crippen molar-refractivity contribution in [3.05, 3.63) is 16.1 Å². The van der Waals surface area contributed by atoms with E-state index in [-0.39, 0.29) is 0 Å². The van der Waals surface area contributed by atoms with Crippen LogP contribution in [0.3, 0.4) is 0 Å². The minimum absolute atomic E-state index is 0.453. The predicted molar refractivity (Wildman–Crippen MR) is 74.7 cm³/mol. The molecule has 1 fully saturated rings. The van der Waals surface area contributed by atoms with Crippen molar-refractivity contribution in [3.63, 3.8) is 0 Å². The zero-order valence-electron chi connectivity index (χ0n) is 10.7. The quantitative estimate of drug-likeness (QED) is 0.769. The number of aromatic nitrogens is 1. The number of alkyl halides is 1. The van der Waals surface area contributed by atoms with Crippen LogP contribution in [-0.2, 0) is 5.88 Å². The third-order valence-corrected chi connectivity index (χ3v) is 5.18. The van der Waals surface area contributed by atoms with E-state index in [2.05, 4.69) is 29.1 Å². The van der Waals surface area contributed by atoms with Crippen LogP contribution in [0.4, 0.5) is 0 Å². The highest BCUT2D eigenvalue weighted by Crippen LogP contribution is 2.29.